The first kappa shape index (κ1) is 14.9. The summed E-state index contributed by atoms with van der Waals surface area (Å²) in [5.41, 5.74) is 3.42. The predicted molar refractivity (Wildman–Crippen MR) is 83.0 cm³/mol. The van der Waals surface area contributed by atoms with Gasteiger partial charge in [-0.3, -0.25) is 4.79 Å². The Hall–Kier alpha value is -1.55. The van der Waals surface area contributed by atoms with Crippen molar-refractivity contribution in [1.29, 1.82) is 0 Å². The van der Waals surface area contributed by atoms with Crippen molar-refractivity contribution in [3.8, 4) is 0 Å². The highest BCUT2D eigenvalue weighted by Gasteiger charge is 2.14. The van der Waals surface area contributed by atoms with E-state index >= 15 is 0 Å². The van der Waals surface area contributed by atoms with Gasteiger partial charge in [0.1, 0.15) is 0 Å². The summed E-state index contributed by atoms with van der Waals surface area (Å²) in [6, 6.07) is 6.15. The normalized spacial score (nSPS) is 18.0. The van der Waals surface area contributed by atoms with Gasteiger partial charge in [0, 0.05) is 12.2 Å². The number of carbonyl (C=O) groups is 1. The van der Waals surface area contributed by atoms with Crippen LogP contribution in [0, 0.1) is 19.8 Å². The number of anilines is 1. The molecule has 1 aromatic carbocycles. The number of amides is 1. The van der Waals surface area contributed by atoms with E-state index < -0.39 is 0 Å². The average Bonchev–Trinajstić information content (AvgIpc) is 2.91. The number of nitrogens with one attached hydrogen (secondary N) is 3. The number of rotatable bonds is 6. The number of para-hydroxylation sites is 1. The van der Waals surface area contributed by atoms with Crippen LogP contribution in [0.3, 0.4) is 0 Å². The van der Waals surface area contributed by atoms with Crippen molar-refractivity contribution in [2.45, 2.75) is 26.7 Å². The van der Waals surface area contributed by atoms with Gasteiger partial charge in [0.15, 0.2) is 0 Å². The molecular formula is C16H25N3O. The van der Waals surface area contributed by atoms with Gasteiger partial charge in [0.05, 0.1) is 6.54 Å². The largest absolute Gasteiger partial charge is 0.376 e. The molecule has 1 aliphatic rings. The van der Waals surface area contributed by atoms with Crippen LogP contribution in [0.1, 0.15) is 24.0 Å². The van der Waals surface area contributed by atoms with Crippen LogP contribution in [0.5, 0.6) is 0 Å². The highest BCUT2D eigenvalue weighted by Crippen LogP contribution is 2.18. The molecule has 1 aromatic rings. The molecule has 1 unspecified atom stereocenters. The molecule has 0 bridgehead atoms. The zero-order valence-electron chi connectivity index (χ0n) is 12.5. The summed E-state index contributed by atoms with van der Waals surface area (Å²) in [5, 5.41) is 9.57. The first-order valence-electron chi connectivity index (χ1n) is 7.44. The summed E-state index contributed by atoms with van der Waals surface area (Å²) in [5.74, 6) is 0.792. The van der Waals surface area contributed by atoms with E-state index in [1.165, 1.54) is 17.5 Å². The Balaban J connectivity index is 1.69. The van der Waals surface area contributed by atoms with E-state index in [-0.39, 0.29) is 5.91 Å². The summed E-state index contributed by atoms with van der Waals surface area (Å²) in [6.45, 7) is 7.44. The zero-order valence-corrected chi connectivity index (χ0v) is 12.5. The molecule has 2 rings (SSSR count). The van der Waals surface area contributed by atoms with Crippen molar-refractivity contribution in [2.75, 3.05) is 31.5 Å². The molecule has 0 aromatic heterocycles. The van der Waals surface area contributed by atoms with Crippen LogP contribution >= 0.6 is 0 Å². The number of aryl methyl sites for hydroxylation is 2. The number of carbonyl (C=O) groups excluding carboxylic acids is 1. The fraction of sp³-hybridized carbons (Fsp3) is 0.562. The minimum atomic E-state index is 0.0682. The van der Waals surface area contributed by atoms with Crippen LogP contribution in [0.2, 0.25) is 0 Å². The zero-order chi connectivity index (χ0) is 14.4. The summed E-state index contributed by atoms with van der Waals surface area (Å²) < 4.78 is 0. The van der Waals surface area contributed by atoms with Gasteiger partial charge in [-0.25, -0.2) is 0 Å². The molecule has 4 nitrogen and oxygen atoms in total. The van der Waals surface area contributed by atoms with Crippen LogP contribution in [-0.4, -0.2) is 32.1 Å². The maximum atomic E-state index is 11.8. The van der Waals surface area contributed by atoms with Gasteiger partial charge < -0.3 is 16.0 Å². The fourth-order valence-electron chi connectivity index (χ4n) is 2.70. The lowest BCUT2D eigenvalue weighted by molar-refractivity contribution is -0.119. The molecule has 0 saturated carbocycles. The Kier molecular flexibility index (Phi) is 5.41. The number of benzene rings is 1. The second-order valence-electron chi connectivity index (χ2n) is 5.62. The van der Waals surface area contributed by atoms with Gasteiger partial charge in [0.25, 0.3) is 0 Å². The third-order valence-corrected chi connectivity index (χ3v) is 3.94. The molecule has 4 heteroatoms. The topological polar surface area (TPSA) is 53.2 Å². The molecule has 0 radical (unpaired) electrons. The highest BCUT2D eigenvalue weighted by molar-refractivity contribution is 5.81. The number of hydrogen-bond acceptors (Lipinski definition) is 3. The molecule has 1 atom stereocenters. The van der Waals surface area contributed by atoms with Crippen molar-refractivity contribution in [3.63, 3.8) is 0 Å². The Bertz CT molecular complexity index is 433. The average molecular weight is 275 g/mol. The molecular weight excluding hydrogens is 250 g/mol. The van der Waals surface area contributed by atoms with Gasteiger partial charge in [-0.1, -0.05) is 18.2 Å². The summed E-state index contributed by atoms with van der Waals surface area (Å²) in [4.78, 5) is 11.8. The highest BCUT2D eigenvalue weighted by atomic mass is 16.1. The molecule has 20 heavy (non-hydrogen) atoms. The van der Waals surface area contributed by atoms with Gasteiger partial charge in [-0.05, 0) is 56.8 Å². The molecule has 0 aliphatic carbocycles. The summed E-state index contributed by atoms with van der Waals surface area (Å²) >= 11 is 0. The Labute approximate surface area is 121 Å². The molecule has 0 spiro atoms. The lowest BCUT2D eigenvalue weighted by Crippen LogP contribution is -2.31. The predicted octanol–water partition coefficient (Wildman–Crippen LogP) is 1.83. The van der Waals surface area contributed by atoms with Crippen molar-refractivity contribution >= 4 is 11.6 Å². The standard InChI is InChI=1S/C16H25N3O/c1-12-4-3-5-13(2)16(12)19-11-15(20)18-9-7-14-6-8-17-10-14/h3-5,14,17,19H,6-11H2,1-2H3,(H,18,20). The lowest BCUT2D eigenvalue weighted by Gasteiger charge is -2.13. The maximum Gasteiger partial charge on any atom is 0.239 e. The Morgan fingerprint density at radius 2 is 2.10 bits per heavy atom. The number of hydrogen-bond donors (Lipinski definition) is 3. The molecule has 110 valence electrons. The van der Waals surface area contributed by atoms with E-state index in [0.717, 1.165) is 37.7 Å². The molecule has 1 amide bonds. The first-order chi connectivity index (χ1) is 9.66. The SMILES string of the molecule is Cc1cccc(C)c1NCC(=O)NCCC1CCNC1. The van der Waals surface area contributed by atoms with Crippen molar-refractivity contribution in [1.82, 2.24) is 10.6 Å². The van der Waals surface area contributed by atoms with Crippen molar-refractivity contribution < 1.29 is 4.79 Å². The molecule has 1 saturated heterocycles. The lowest BCUT2D eigenvalue weighted by atomic mass is 10.1. The van der Waals surface area contributed by atoms with Gasteiger partial charge in [-0.15, -0.1) is 0 Å². The van der Waals surface area contributed by atoms with E-state index in [0.29, 0.717) is 6.54 Å². The Morgan fingerprint density at radius 1 is 1.35 bits per heavy atom. The van der Waals surface area contributed by atoms with E-state index in [2.05, 4.69) is 41.9 Å². The summed E-state index contributed by atoms with van der Waals surface area (Å²) in [6.07, 6.45) is 2.30. The quantitative estimate of drug-likeness (QED) is 0.742. The van der Waals surface area contributed by atoms with Crippen molar-refractivity contribution in [3.05, 3.63) is 29.3 Å². The third kappa shape index (κ3) is 4.23. The van der Waals surface area contributed by atoms with Crippen LogP contribution in [0.4, 0.5) is 5.69 Å². The minimum Gasteiger partial charge on any atom is -0.376 e. The van der Waals surface area contributed by atoms with Crippen LogP contribution < -0.4 is 16.0 Å². The molecule has 3 N–H and O–H groups in total. The van der Waals surface area contributed by atoms with E-state index in [1.807, 2.05) is 6.07 Å². The minimum absolute atomic E-state index is 0.0682. The van der Waals surface area contributed by atoms with Crippen molar-refractivity contribution in [2.24, 2.45) is 5.92 Å². The fourth-order valence-corrected chi connectivity index (χ4v) is 2.70. The van der Waals surface area contributed by atoms with Crippen LogP contribution in [0.25, 0.3) is 0 Å². The third-order valence-electron chi connectivity index (χ3n) is 3.94. The summed E-state index contributed by atoms with van der Waals surface area (Å²) in [7, 11) is 0. The molecule has 1 aliphatic heterocycles. The second kappa shape index (κ2) is 7.29. The van der Waals surface area contributed by atoms with E-state index in [1.54, 1.807) is 0 Å². The second-order valence-corrected chi connectivity index (χ2v) is 5.62. The first-order valence-corrected chi connectivity index (χ1v) is 7.44. The Morgan fingerprint density at radius 3 is 2.75 bits per heavy atom. The van der Waals surface area contributed by atoms with Gasteiger partial charge in [-0.2, -0.15) is 0 Å². The van der Waals surface area contributed by atoms with Gasteiger partial charge >= 0.3 is 0 Å². The van der Waals surface area contributed by atoms with Crippen LogP contribution in [-0.2, 0) is 4.79 Å². The molecule has 1 heterocycles. The van der Waals surface area contributed by atoms with Gasteiger partial charge in [0.2, 0.25) is 5.91 Å². The smallest absolute Gasteiger partial charge is 0.239 e. The monoisotopic (exact) mass is 275 g/mol. The van der Waals surface area contributed by atoms with Crippen LogP contribution in [0.15, 0.2) is 18.2 Å². The maximum absolute atomic E-state index is 11.8. The molecule has 1 fully saturated rings. The van der Waals surface area contributed by atoms with E-state index in [9.17, 15) is 4.79 Å². The van der Waals surface area contributed by atoms with E-state index in [4.69, 9.17) is 0 Å².